The van der Waals surface area contributed by atoms with Crippen LogP contribution in [0.5, 0.6) is 0 Å². The molecule has 2 unspecified atom stereocenters. The Bertz CT molecular complexity index is 369. The number of likely N-dealkylation sites (N-methyl/N-ethyl adjacent to an activating group) is 1. The molecular formula is C17H35Cl3N4O. The number of rotatable bonds is 6. The lowest BCUT2D eigenvalue weighted by atomic mass is 9.89. The van der Waals surface area contributed by atoms with Crippen molar-refractivity contribution in [3.63, 3.8) is 0 Å². The first-order valence-electron chi connectivity index (χ1n) is 9.20. The van der Waals surface area contributed by atoms with Crippen molar-refractivity contribution in [3.8, 4) is 0 Å². The third-order valence-corrected chi connectivity index (χ3v) is 5.71. The fraction of sp³-hybridized carbons (Fsp3) is 0.941. The van der Waals surface area contributed by atoms with E-state index in [2.05, 4.69) is 27.4 Å². The summed E-state index contributed by atoms with van der Waals surface area (Å²) >= 11 is 0. The van der Waals surface area contributed by atoms with Gasteiger partial charge in [-0.1, -0.05) is 6.92 Å². The highest BCUT2D eigenvalue weighted by molar-refractivity contribution is 5.86. The van der Waals surface area contributed by atoms with E-state index in [4.69, 9.17) is 0 Å². The maximum atomic E-state index is 12.1. The van der Waals surface area contributed by atoms with Gasteiger partial charge < -0.3 is 15.5 Å². The number of amides is 1. The van der Waals surface area contributed by atoms with E-state index < -0.39 is 0 Å². The van der Waals surface area contributed by atoms with E-state index in [9.17, 15) is 4.79 Å². The second-order valence-corrected chi connectivity index (χ2v) is 7.31. The molecule has 1 amide bonds. The predicted octanol–water partition coefficient (Wildman–Crippen LogP) is 1.93. The highest BCUT2D eigenvalue weighted by Crippen LogP contribution is 2.32. The molecule has 3 saturated heterocycles. The van der Waals surface area contributed by atoms with Crippen LogP contribution in [0.15, 0.2) is 0 Å². The smallest absolute Gasteiger partial charge is 0.220 e. The molecule has 25 heavy (non-hydrogen) atoms. The summed E-state index contributed by atoms with van der Waals surface area (Å²) in [5, 5.41) is 6.78. The number of hydrogen-bond acceptors (Lipinski definition) is 4. The molecular weight excluding hydrogens is 383 g/mol. The maximum absolute atomic E-state index is 12.1. The standard InChI is InChI=1S/C17H32N4O.3ClH/c1-2-20-7-9-21(10-8-20)6-5-18-17(22)13-14-11-15-3-4-16(12-14)19-15;;;/h14-16,19H,2-13H2,1H3,(H,18,22);3*1H. The van der Waals surface area contributed by atoms with Crippen LogP contribution < -0.4 is 10.6 Å². The van der Waals surface area contributed by atoms with E-state index in [-0.39, 0.29) is 43.1 Å². The van der Waals surface area contributed by atoms with Crippen LogP contribution in [0.25, 0.3) is 0 Å². The first-order valence-corrected chi connectivity index (χ1v) is 9.20. The predicted molar refractivity (Wildman–Crippen MR) is 111 cm³/mol. The second kappa shape index (κ2) is 12.6. The lowest BCUT2D eigenvalue weighted by Gasteiger charge is -2.34. The van der Waals surface area contributed by atoms with Gasteiger partial charge in [0.2, 0.25) is 5.91 Å². The molecule has 3 aliphatic rings. The maximum Gasteiger partial charge on any atom is 0.220 e. The van der Waals surface area contributed by atoms with Crippen LogP contribution in [0.4, 0.5) is 0 Å². The second-order valence-electron chi connectivity index (χ2n) is 7.31. The number of halogens is 3. The first-order chi connectivity index (χ1) is 10.7. The van der Waals surface area contributed by atoms with Gasteiger partial charge in [-0.3, -0.25) is 9.69 Å². The van der Waals surface area contributed by atoms with Gasteiger partial charge in [0, 0.05) is 57.8 Å². The van der Waals surface area contributed by atoms with Crippen molar-refractivity contribution in [2.45, 2.75) is 51.1 Å². The van der Waals surface area contributed by atoms with Gasteiger partial charge in [-0.2, -0.15) is 0 Å². The SMILES string of the molecule is CCN1CCN(CCNC(=O)CC2CC3CCC(C2)N3)CC1.Cl.Cl.Cl. The summed E-state index contributed by atoms with van der Waals surface area (Å²) in [6.45, 7) is 9.81. The summed E-state index contributed by atoms with van der Waals surface area (Å²) in [7, 11) is 0. The highest BCUT2D eigenvalue weighted by atomic mass is 35.5. The summed E-state index contributed by atoms with van der Waals surface area (Å²) < 4.78 is 0. The Kier molecular flexibility index (Phi) is 12.7. The van der Waals surface area contributed by atoms with Crippen LogP contribution in [-0.4, -0.2) is 73.6 Å². The molecule has 0 spiro atoms. The van der Waals surface area contributed by atoms with Gasteiger partial charge in [0.15, 0.2) is 0 Å². The molecule has 3 aliphatic heterocycles. The number of fused-ring (bicyclic) bond motifs is 2. The minimum atomic E-state index is 0. The van der Waals surface area contributed by atoms with Gasteiger partial charge in [0.25, 0.3) is 0 Å². The monoisotopic (exact) mass is 416 g/mol. The average Bonchev–Trinajstić information content (AvgIpc) is 2.87. The molecule has 3 fully saturated rings. The molecule has 2 bridgehead atoms. The summed E-state index contributed by atoms with van der Waals surface area (Å²) in [5.74, 6) is 0.866. The molecule has 5 nitrogen and oxygen atoms in total. The Balaban J connectivity index is 0.00000192. The Morgan fingerprint density at radius 1 is 1.00 bits per heavy atom. The molecule has 0 radical (unpaired) electrons. The van der Waals surface area contributed by atoms with Gasteiger partial charge in [-0.25, -0.2) is 0 Å². The highest BCUT2D eigenvalue weighted by Gasteiger charge is 2.34. The molecule has 0 aromatic heterocycles. The van der Waals surface area contributed by atoms with Gasteiger partial charge in [-0.05, 0) is 38.1 Å². The molecule has 8 heteroatoms. The van der Waals surface area contributed by atoms with Crippen molar-refractivity contribution in [2.75, 3.05) is 45.8 Å². The summed E-state index contributed by atoms with van der Waals surface area (Å²) in [5.41, 5.74) is 0. The largest absolute Gasteiger partial charge is 0.355 e. The number of piperazine rings is 1. The fourth-order valence-corrected chi connectivity index (χ4v) is 4.36. The van der Waals surface area contributed by atoms with Crippen molar-refractivity contribution < 1.29 is 4.79 Å². The molecule has 2 atom stereocenters. The molecule has 2 N–H and O–H groups in total. The fourth-order valence-electron chi connectivity index (χ4n) is 4.36. The minimum absolute atomic E-state index is 0. The quantitative estimate of drug-likeness (QED) is 0.693. The van der Waals surface area contributed by atoms with E-state index in [0.717, 1.165) is 39.1 Å². The normalized spacial score (nSPS) is 29.1. The van der Waals surface area contributed by atoms with Gasteiger partial charge in [-0.15, -0.1) is 37.2 Å². The minimum Gasteiger partial charge on any atom is -0.355 e. The van der Waals surface area contributed by atoms with Crippen LogP contribution >= 0.6 is 37.2 Å². The molecule has 3 rings (SSSR count). The topological polar surface area (TPSA) is 47.6 Å². The van der Waals surface area contributed by atoms with Crippen LogP contribution in [-0.2, 0) is 4.79 Å². The zero-order valence-corrected chi connectivity index (χ0v) is 17.7. The Morgan fingerprint density at radius 2 is 1.56 bits per heavy atom. The van der Waals surface area contributed by atoms with Gasteiger partial charge in [0.05, 0.1) is 0 Å². The number of nitrogens with one attached hydrogen (secondary N) is 2. The first kappa shape index (κ1) is 25.2. The number of piperidine rings is 1. The number of nitrogens with zero attached hydrogens (tertiary/aromatic N) is 2. The van der Waals surface area contributed by atoms with Crippen molar-refractivity contribution >= 4 is 43.1 Å². The van der Waals surface area contributed by atoms with E-state index in [1.807, 2.05) is 0 Å². The van der Waals surface area contributed by atoms with Crippen LogP contribution in [0, 0.1) is 5.92 Å². The van der Waals surface area contributed by atoms with E-state index in [0.29, 0.717) is 18.0 Å². The van der Waals surface area contributed by atoms with Crippen molar-refractivity contribution in [1.82, 2.24) is 20.4 Å². The third-order valence-electron chi connectivity index (χ3n) is 5.71. The number of carbonyl (C=O) groups is 1. The third kappa shape index (κ3) is 7.77. The van der Waals surface area contributed by atoms with Crippen molar-refractivity contribution in [2.24, 2.45) is 5.92 Å². The van der Waals surface area contributed by atoms with Gasteiger partial charge in [0.1, 0.15) is 0 Å². The Morgan fingerprint density at radius 3 is 2.12 bits per heavy atom. The summed E-state index contributed by atoms with van der Waals surface area (Å²) in [6.07, 6.45) is 5.75. The lowest BCUT2D eigenvalue weighted by Crippen LogP contribution is -2.48. The molecule has 150 valence electrons. The van der Waals surface area contributed by atoms with Crippen molar-refractivity contribution in [3.05, 3.63) is 0 Å². The summed E-state index contributed by atoms with van der Waals surface area (Å²) in [4.78, 5) is 17.1. The zero-order chi connectivity index (χ0) is 15.4. The van der Waals surface area contributed by atoms with Gasteiger partial charge >= 0.3 is 0 Å². The molecule has 0 saturated carbocycles. The number of carbonyl (C=O) groups excluding carboxylic acids is 1. The molecule has 3 heterocycles. The average molecular weight is 418 g/mol. The van der Waals surface area contributed by atoms with E-state index in [1.54, 1.807) is 0 Å². The van der Waals surface area contributed by atoms with Crippen LogP contribution in [0.3, 0.4) is 0 Å². The zero-order valence-electron chi connectivity index (χ0n) is 15.2. The summed E-state index contributed by atoms with van der Waals surface area (Å²) in [6, 6.07) is 1.37. The van der Waals surface area contributed by atoms with Crippen LogP contribution in [0.2, 0.25) is 0 Å². The van der Waals surface area contributed by atoms with Crippen LogP contribution in [0.1, 0.15) is 39.0 Å². The molecule has 0 aromatic carbocycles. The Labute approximate surface area is 171 Å². The van der Waals surface area contributed by atoms with E-state index >= 15 is 0 Å². The number of hydrogen-bond donors (Lipinski definition) is 2. The molecule has 0 aliphatic carbocycles. The molecule has 0 aromatic rings. The Hall–Kier alpha value is 0.220. The van der Waals surface area contributed by atoms with E-state index in [1.165, 1.54) is 38.8 Å². The lowest BCUT2D eigenvalue weighted by molar-refractivity contribution is -0.122. The van der Waals surface area contributed by atoms with Crippen molar-refractivity contribution in [1.29, 1.82) is 0 Å².